The number of hydrogen-bond donors (Lipinski definition) is 1. The number of nitrogens with zero attached hydrogens (tertiary/aromatic N) is 1. The Bertz CT molecular complexity index is 827. The van der Waals surface area contributed by atoms with E-state index in [0.29, 0.717) is 17.7 Å². The minimum absolute atomic E-state index is 0.0282. The van der Waals surface area contributed by atoms with Gasteiger partial charge in [-0.3, -0.25) is 9.59 Å². The minimum Gasteiger partial charge on any atom is -0.340 e. The van der Waals surface area contributed by atoms with E-state index in [-0.39, 0.29) is 28.9 Å². The molecule has 4 nitrogen and oxygen atoms in total. The Balaban J connectivity index is 2.14. The zero-order valence-electron chi connectivity index (χ0n) is 16.2. The number of carbonyl (C=O) groups excluding carboxylic acids is 2. The van der Waals surface area contributed by atoms with Crippen molar-refractivity contribution < 1.29 is 14.0 Å². The highest BCUT2D eigenvalue weighted by Gasteiger charge is 2.25. The van der Waals surface area contributed by atoms with Gasteiger partial charge in [0.25, 0.3) is 5.91 Å². The second-order valence-electron chi connectivity index (χ2n) is 6.57. The van der Waals surface area contributed by atoms with Crippen LogP contribution in [0.4, 0.5) is 4.39 Å². The van der Waals surface area contributed by atoms with E-state index >= 15 is 0 Å². The Morgan fingerprint density at radius 3 is 2.61 bits per heavy atom. The molecule has 0 aliphatic heterocycles. The average molecular weight is 423 g/mol. The molecule has 0 aliphatic rings. The Labute approximate surface area is 174 Å². The largest absolute Gasteiger partial charge is 0.340 e. The van der Waals surface area contributed by atoms with Crippen molar-refractivity contribution in [3.05, 3.63) is 70.0 Å². The first-order valence-electron chi connectivity index (χ1n) is 8.87. The zero-order valence-corrected chi connectivity index (χ0v) is 17.7. The van der Waals surface area contributed by atoms with Gasteiger partial charge in [0.2, 0.25) is 5.91 Å². The van der Waals surface area contributed by atoms with Crippen molar-refractivity contribution in [2.24, 2.45) is 0 Å². The molecule has 150 valence electrons. The van der Waals surface area contributed by atoms with Gasteiger partial charge in [0.15, 0.2) is 0 Å². The van der Waals surface area contributed by atoms with Crippen LogP contribution >= 0.6 is 23.4 Å². The van der Waals surface area contributed by atoms with Gasteiger partial charge >= 0.3 is 0 Å². The van der Waals surface area contributed by atoms with Crippen molar-refractivity contribution in [1.82, 2.24) is 10.2 Å². The SMILES string of the molecule is CSCCC(NC(=O)c1cccc(C)c1)C(=O)N(C)Cc1c(F)cccc1Cl. The van der Waals surface area contributed by atoms with E-state index in [1.165, 1.54) is 17.0 Å². The van der Waals surface area contributed by atoms with Crippen molar-refractivity contribution in [2.45, 2.75) is 25.9 Å². The maximum atomic E-state index is 14.1. The summed E-state index contributed by atoms with van der Waals surface area (Å²) in [6.07, 6.45) is 2.42. The van der Waals surface area contributed by atoms with E-state index in [1.807, 2.05) is 19.2 Å². The van der Waals surface area contributed by atoms with Gasteiger partial charge in [-0.25, -0.2) is 4.39 Å². The van der Waals surface area contributed by atoms with Gasteiger partial charge in [-0.05, 0) is 49.6 Å². The number of rotatable bonds is 8. The highest BCUT2D eigenvalue weighted by atomic mass is 35.5. The minimum atomic E-state index is -0.698. The molecule has 7 heteroatoms. The van der Waals surface area contributed by atoms with Gasteiger partial charge in [-0.2, -0.15) is 11.8 Å². The van der Waals surface area contributed by atoms with Crippen LogP contribution in [-0.2, 0) is 11.3 Å². The number of thioether (sulfide) groups is 1. The first kappa shape index (κ1) is 22.2. The van der Waals surface area contributed by atoms with Crippen molar-refractivity contribution in [3.8, 4) is 0 Å². The molecule has 0 heterocycles. The Kier molecular flexibility index (Phi) is 8.33. The number of aryl methyl sites for hydroxylation is 1. The molecule has 0 aromatic heterocycles. The highest BCUT2D eigenvalue weighted by Crippen LogP contribution is 2.21. The molecule has 0 aliphatic carbocycles. The summed E-state index contributed by atoms with van der Waals surface area (Å²) in [5.74, 6) is -0.342. The van der Waals surface area contributed by atoms with Gasteiger partial charge < -0.3 is 10.2 Å². The van der Waals surface area contributed by atoms with Crippen LogP contribution < -0.4 is 5.32 Å². The van der Waals surface area contributed by atoms with Crippen molar-refractivity contribution in [1.29, 1.82) is 0 Å². The lowest BCUT2D eigenvalue weighted by Crippen LogP contribution is -2.47. The fourth-order valence-electron chi connectivity index (χ4n) is 2.79. The molecule has 0 fully saturated rings. The third kappa shape index (κ3) is 5.97. The van der Waals surface area contributed by atoms with Gasteiger partial charge in [0, 0.05) is 29.7 Å². The number of likely N-dealkylation sites (N-methyl/N-ethyl adjacent to an activating group) is 1. The molecule has 0 spiro atoms. The summed E-state index contributed by atoms with van der Waals surface area (Å²) >= 11 is 7.66. The lowest BCUT2D eigenvalue weighted by molar-refractivity contribution is -0.132. The first-order chi connectivity index (χ1) is 13.3. The Morgan fingerprint density at radius 2 is 1.96 bits per heavy atom. The molecular weight excluding hydrogens is 399 g/mol. The smallest absolute Gasteiger partial charge is 0.251 e. The predicted octanol–water partition coefficient (Wildman–Crippen LogP) is 4.30. The van der Waals surface area contributed by atoms with Crippen LogP contribution in [0.3, 0.4) is 0 Å². The fourth-order valence-corrected chi connectivity index (χ4v) is 3.48. The molecule has 0 saturated carbocycles. The first-order valence-corrected chi connectivity index (χ1v) is 10.6. The number of hydrogen-bond acceptors (Lipinski definition) is 3. The molecule has 28 heavy (non-hydrogen) atoms. The van der Waals surface area contributed by atoms with E-state index in [1.54, 1.807) is 43.1 Å². The van der Waals surface area contributed by atoms with Gasteiger partial charge in [0.1, 0.15) is 11.9 Å². The lowest BCUT2D eigenvalue weighted by atomic mass is 10.1. The third-order valence-electron chi connectivity index (χ3n) is 4.33. The summed E-state index contributed by atoms with van der Waals surface area (Å²) in [5.41, 5.74) is 1.72. The van der Waals surface area contributed by atoms with Crippen molar-refractivity contribution >= 4 is 35.2 Å². The number of benzene rings is 2. The number of halogens is 2. The molecular formula is C21H24ClFN2O2S. The van der Waals surface area contributed by atoms with E-state index < -0.39 is 11.9 Å². The summed E-state index contributed by atoms with van der Waals surface area (Å²) in [4.78, 5) is 26.9. The summed E-state index contributed by atoms with van der Waals surface area (Å²) in [7, 11) is 1.58. The number of nitrogens with one attached hydrogen (secondary N) is 1. The zero-order chi connectivity index (χ0) is 20.7. The third-order valence-corrected chi connectivity index (χ3v) is 5.33. The molecule has 2 aromatic rings. The van der Waals surface area contributed by atoms with Crippen LogP contribution in [0.15, 0.2) is 42.5 Å². The summed E-state index contributed by atoms with van der Waals surface area (Å²) in [6, 6.07) is 10.9. The maximum Gasteiger partial charge on any atom is 0.251 e. The molecule has 2 amide bonds. The monoisotopic (exact) mass is 422 g/mol. The lowest BCUT2D eigenvalue weighted by Gasteiger charge is -2.25. The van der Waals surface area contributed by atoms with Gasteiger partial charge in [0.05, 0.1) is 0 Å². The van der Waals surface area contributed by atoms with Gasteiger partial charge in [-0.1, -0.05) is 35.4 Å². The Morgan fingerprint density at radius 1 is 1.25 bits per heavy atom. The number of carbonyl (C=O) groups is 2. The standard InChI is InChI=1S/C21H24ClFN2O2S/c1-14-6-4-7-15(12-14)20(26)24-19(10-11-28-3)21(27)25(2)13-16-17(22)8-5-9-18(16)23/h4-9,12,19H,10-11,13H2,1-3H3,(H,24,26). The summed E-state index contributed by atoms with van der Waals surface area (Å²) < 4.78 is 14.1. The predicted molar refractivity (Wildman–Crippen MR) is 113 cm³/mol. The molecule has 1 N–H and O–H groups in total. The topological polar surface area (TPSA) is 49.4 Å². The Hall–Kier alpha value is -2.05. The normalized spacial score (nSPS) is 11.8. The van der Waals surface area contributed by atoms with E-state index in [2.05, 4.69) is 5.32 Å². The molecule has 2 rings (SSSR count). The van der Waals surface area contributed by atoms with Crippen molar-refractivity contribution in [3.63, 3.8) is 0 Å². The van der Waals surface area contributed by atoms with Gasteiger partial charge in [-0.15, -0.1) is 0 Å². The van der Waals surface area contributed by atoms with Crippen LogP contribution in [0, 0.1) is 12.7 Å². The van der Waals surface area contributed by atoms with E-state index in [9.17, 15) is 14.0 Å². The fraction of sp³-hybridized carbons (Fsp3) is 0.333. The summed E-state index contributed by atoms with van der Waals surface area (Å²) in [6.45, 7) is 1.93. The molecule has 1 atom stereocenters. The van der Waals surface area contributed by atoms with Crippen molar-refractivity contribution in [2.75, 3.05) is 19.1 Å². The second kappa shape index (κ2) is 10.5. The van der Waals surface area contributed by atoms with Crippen LogP contribution in [0.25, 0.3) is 0 Å². The molecule has 1 unspecified atom stereocenters. The average Bonchev–Trinajstić information content (AvgIpc) is 2.67. The molecule has 0 radical (unpaired) electrons. The highest BCUT2D eigenvalue weighted by molar-refractivity contribution is 7.98. The molecule has 0 saturated heterocycles. The van der Waals surface area contributed by atoms with E-state index in [0.717, 1.165) is 5.56 Å². The summed E-state index contributed by atoms with van der Waals surface area (Å²) in [5, 5.41) is 3.09. The van der Waals surface area contributed by atoms with Crippen LogP contribution in [0.1, 0.15) is 27.9 Å². The maximum absolute atomic E-state index is 14.1. The number of amides is 2. The molecule has 0 bridgehead atoms. The van der Waals surface area contributed by atoms with E-state index in [4.69, 9.17) is 11.6 Å². The van der Waals surface area contributed by atoms with Crippen LogP contribution in [0.2, 0.25) is 5.02 Å². The second-order valence-corrected chi connectivity index (χ2v) is 7.96. The van der Waals surface area contributed by atoms with Crippen LogP contribution in [0.5, 0.6) is 0 Å². The quantitative estimate of drug-likeness (QED) is 0.690. The molecule has 2 aromatic carbocycles. The van der Waals surface area contributed by atoms with Crippen LogP contribution in [-0.4, -0.2) is 41.8 Å².